The van der Waals surface area contributed by atoms with Gasteiger partial charge in [0.1, 0.15) is 0 Å². The molecule has 9 unspecified atom stereocenters. The molecule has 10 saturated heterocycles. The quantitative estimate of drug-likeness (QED) is 0.0335. The molecule has 10 aliphatic rings. The van der Waals surface area contributed by atoms with Crippen molar-refractivity contribution in [3.8, 4) is 0 Å². The number of β-amino-alcohol motifs (C(OH)–C–C–N with tert-alkyl or cyclic N) is 1. The van der Waals surface area contributed by atoms with E-state index in [9.17, 15) is 0 Å². The number of piperidine rings is 5. The molecule has 120 heavy (non-hydrogen) atoms. The molecule has 10 heterocycles. The van der Waals surface area contributed by atoms with Gasteiger partial charge in [-0.2, -0.15) is 0 Å². The van der Waals surface area contributed by atoms with Gasteiger partial charge in [0.15, 0.2) is 0 Å². The minimum absolute atomic E-state index is 0.0220. The molecule has 0 aromatic rings. The van der Waals surface area contributed by atoms with Gasteiger partial charge in [0, 0.05) is 220 Å². The summed E-state index contributed by atoms with van der Waals surface area (Å²) in [5, 5.41) is 163. The summed E-state index contributed by atoms with van der Waals surface area (Å²) in [4.78, 5) is 30.5. The first-order valence-corrected chi connectivity index (χ1v) is 45.8. The minimum Gasteiger partial charge on any atom is -0.396 e. The van der Waals surface area contributed by atoms with Gasteiger partial charge in [-0.25, -0.2) is 0 Å². The highest BCUT2D eigenvalue weighted by molar-refractivity contribution is 4.85. The zero-order valence-electron chi connectivity index (χ0n) is 78.5. The first kappa shape index (κ1) is 123. The van der Waals surface area contributed by atoms with Crippen molar-refractivity contribution >= 4 is 0 Å². The molecule has 10 fully saturated rings. The molecular weight excluding hydrogens is 1550 g/mol. The predicted molar refractivity (Wildman–Crippen MR) is 487 cm³/mol. The van der Waals surface area contributed by atoms with Crippen LogP contribution in [0.5, 0.6) is 0 Å². The highest BCUT2D eigenvalue weighted by Gasteiger charge is 2.31. The lowest BCUT2D eigenvalue weighted by Gasteiger charge is -2.37. The molecule has 10 aliphatic heterocycles. The third-order valence-corrected chi connectivity index (χ3v) is 24.1. The average Bonchev–Trinajstić information content (AvgIpc) is 1.74. The minimum atomic E-state index is -0.0220. The number of hydrogen-bond acceptors (Lipinski definition) is 34. The number of piperazine rings is 2. The molecule has 34 nitrogen and oxygen atoms in total. The third kappa shape index (κ3) is 66.9. The van der Waals surface area contributed by atoms with E-state index in [1.54, 1.807) is 0 Å². The van der Waals surface area contributed by atoms with Crippen LogP contribution >= 0.6 is 0 Å². The lowest BCUT2D eigenvalue weighted by atomic mass is 9.97. The predicted octanol–water partition coefficient (Wildman–Crippen LogP) is -4.66. The first-order chi connectivity index (χ1) is 57.6. The van der Waals surface area contributed by atoms with Crippen LogP contribution in [0, 0.1) is 29.6 Å². The molecule has 0 amide bonds. The fourth-order valence-corrected chi connectivity index (χ4v) is 15.2. The van der Waals surface area contributed by atoms with Crippen molar-refractivity contribution in [2.75, 3.05) is 387 Å². The number of aliphatic hydroxyl groups excluding tert-OH is 18. The average molecular weight is 1740 g/mol. The van der Waals surface area contributed by atoms with Gasteiger partial charge in [0.25, 0.3) is 0 Å². The summed E-state index contributed by atoms with van der Waals surface area (Å²) in [6.07, 6.45) is 18.7. The van der Waals surface area contributed by atoms with Gasteiger partial charge in [-0.05, 0) is 264 Å². The van der Waals surface area contributed by atoms with Crippen molar-refractivity contribution in [3.05, 3.63) is 0 Å². The van der Waals surface area contributed by atoms with Crippen molar-refractivity contribution in [2.24, 2.45) is 29.6 Å². The second-order valence-corrected chi connectivity index (χ2v) is 34.6. The lowest BCUT2D eigenvalue weighted by Crippen LogP contribution is -2.50. The van der Waals surface area contributed by atoms with E-state index >= 15 is 0 Å². The molecule has 34 heteroatoms. The third-order valence-electron chi connectivity index (χ3n) is 24.1. The molecule has 10 rings (SSSR count). The number of aliphatic hydroxyl groups is 18. The topological polar surface area (TPSA) is 434 Å². The van der Waals surface area contributed by atoms with Crippen molar-refractivity contribution in [1.82, 2.24) is 79.2 Å². The number of rotatable bonds is 29. The molecular formula is C86H194N16O18. The van der Waals surface area contributed by atoms with E-state index in [1.165, 1.54) is 70.9 Å². The molecule has 0 radical (unpaired) electrons. The number of likely N-dealkylation sites (tertiary alicyclic amines) is 8. The van der Waals surface area contributed by atoms with E-state index < -0.39 is 0 Å². The summed E-state index contributed by atoms with van der Waals surface area (Å²) >= 11 is 0. The Morgan fingerprint density at radius 1 is 0.325 bits per heavy atom. The second-order valence-electron chi connectivity index (χ2n) is 34.6. The zero-order valence-corrected chi connectivity index (χ0v) is 78.5. The molecule has 726 valence electrons. The molecule has 20 N–H and O–H groups in total. The van der Waals surface area contributed by atoms with Crippen molar-refractivity contribution in [3.63, 3.8) is 0 Å². The fraction of sp³-hybridized carbons (Fsp3) is 1.00. The van der Waals surface area contributed by atoms with Gasteiger partial charge < -0.3 is 152 Å². The van der Waals surface area contributed by atoms with Gasteiger partial charge in [-0.15, -0.1) is 0 Å². The Morgan fingerprint density at radius 2 is 0.733 bits per heavy atom. The summed E-state index contributed by atoms with van der Waals surface area (Å²) in [5.74, 6) is 2.52. The highest BCUT2D eigenvalue weighted by Crippen LogP contribution is 2.23. The van der Waals surface area contributed by atoms with Crippen LogP contribution in [0.1, 0.15) is 109 Å². The molecule has 0 aromatic carbocycles. The van der Waals surface area contributed by atoms with Gasteiger partial charge >= 0.3 is 0 Å². The van der Waals surface area contributed by atoms with E-state index in [1.807, 2.05) is 52.1 Å². The van der Waals surface area contributed by atoms with Crippen LogP contribution in [0.15, 0.2) is 0 Å². The van der Waals surface area contributed by atoms with E-state index in [4.69, 9.17) is 91.9 Å². The van der Waals surface area contributed by atoms with Crippen LogP contribution in [0.25, 0.3) is 0 Å². The summed E-state index contributed by atoms with van der Waals surface area (Å²) in [6, 6.07) is 1.50. The maximum Gasteiger partial charge on any atom is 0.0599 e. The molecule has 0 spiro atoms. The smallest absolute Gasteiger partial charge is 0.0599 e. The van der Waals surface area contributed by atoms with E-state index in [-0.39, 0.29) is 103 Å². The van der Waals surface area contributed by atoms with Crippen LogP contribution in [0.3, 0.4) is 0 Å². The number of nitrogens with zero attached hydrogens (tertiary/aromatic N) is 14. The standard InChI is InChI=1S/C8H17NO2.C7H18N2O2.C7H16N2O.C7H15NO2.C7H17NO2.3C7H15NO.C6H14N2O.3C6H13NO.C5H13NO2/c1-9-7(5-10)3-2-4-8(9)6-11;1-8-2-3-9(4-6-10)5-7-11;1-8-2-4-9(5-3-8)6-7-10;1-8-3-2-6(4-9)7(8)5-10;1-8(4-2-6-9)5-3-7-10;1-8-4-2-7(6-9)3-5-8;2*1-8-4-2-3-7(5-8)6-9;1-8-3-2-7-4-6(8)5-9;1-7-4-2-6(8)3-5-7;1-7-3-2-6(4-7)5-8;1-7-4-2-3-6(7)5-8;1-6(2-4-7)3-5-8/h7-8,10-11H,2-6H2,1H3;8,10-11H,2-7H2,1H3;10H,2-7H2,1H3;6-7,9-10H,2-5H2,1H3;9-10H,2-7H2,1H3;3*7,9H,2-6H2,1H3;6-7,9H,2-5H2,1H3;3*6,8H,2-5H2,1H3;7-8H,2-5H2,1H3. The van der Waals surface area contributed by atoms with Crippen LogP contribution in [-0.4, -0.2) is 584 Å². The normalized spacial score (nSPS) is 25.3. The Kier molecular flexibility index (Phi) is 86.4. The monoisotopic (exact) mass is 1740 g/mol. The van der Waals surface area contributed by atoms with Crippen molar-refractivity contribution in [2.45, 2.75) is 145 Å². The lowest BCUT2D eigenvalue weighted by molar-refractivity contribution is 0.0389. The molecule has 0 saturated carbocycles. The summed E-state index contributed by atoms with van der Waals surface area (Å²) < 4.78 is 0. The Morgan fingerprint density at radius 3 is 1.06 bits per heavy atom. The molecule has 0 aliphatic carbocycles. The van der Waals surface area contributed by atoms with Gasteiger partial charge in [0.2, 0.25) is 0 Å². The van der Waals surface area contributed by atoms with Crippen LogP contribution in [-0.2, 0) is 0 Å². The molecule has 9 atom stereocenters. The number of hydrogen-bond donors (Lipinski definition) is 20. The second kappa shape index (κ2) is 84.5. The van der Waals surface area contributed by atoms with Crippen LogP contribution in [0.4, 0.5) is 0 Å². The first-order valence-electron chi connectivity index (χ1n) is 45.8. The van der Waals surface area contributed by atoms with Crippen molar-refractivity contribution in [1.29, 1.82) is 0 Å². The number of likely N-dealkylation sites (N-methyl/N-ethyl adjacent to an activating group) is 7. The van der Waals surface area contributed by atoms with E-state index in [0.29, 0.717) is 102 Å². The largest absolute Gasteiger partial charge is 0.396 e. The Labute approximate surface area is 730 Å². The summed E-state index contributed by atoms with van der Waals surface area (Å²) in [5.41, 5.74) is 0. The highest BCUT2D eigenvalue weighted by atomic mass is 16.3. The van der Waals surface area contributed by atoms with Gasteiger partial charge in [0.05, 0.1) is 72.2 Å². The van der Waals surface area contributed by atoms with Gasteiger partial charge in [-0.1, -0.05) is 6.42 Å². The SMILES string of the molecule is CN(CCCO)CCCO.CN(CCO)CCO.CN1C(CO)CCCC1CO.CN1CCC(CO)C1.CN1CCC(CO)C1CO.CN1CCC(CO)CC1.CN1CCC(O)CC1.CN1CCCC(CO)C1.CN1CCCC(CO)C1.CN1CCCC1CO.CN1CCN(CCO)CC1.CN1CCNCC1CO.CNCCN(CCO)CCO. The van der Waals surface area contributed by atoms with Gasteiger partial charge in [-0.3, -0.25) is 19.6 Å². The summed E-state index contributed by atoms with van der Waals surface area (Å²) in [7, 11) is 26.5. The fourth-order valence-electron chi connectivity index (χ4n) is 15.2. The maximum absolute atomic E-state index is 9.00. The Bertz CT molecular complexity index is 2030. The summed E-state index contributed by atoms with van der Waals surface area (Å²) in [6.45, 7) is 32.2. The number of nitrogens with one attached hydrogen (secondary N) is 2. The van der Waals surface area contributed by atoms with Crippen LogP contribution < -0.4 is 10.6 Å². The Balaban J connectivity index is -0.00000124. The molecule has 0 bridgehead atoms. The van der Waals surface area contributed by atoms with E-state index in [2.05, 4.69) is 119 Å². The van der Waals surface area contributed by atoms with E-state index in [0.717, 1.165) is 195 Å². The molecule has 0 aromatic heterocycles. The van der Waals surface area contributed by atoms with Crippen LogP contribution in [0.2, 0.25) is 0 Å². The maximum atomic E-state index is 9.00. The zero-order chi connectivity index (χ0) is 90.7. The Hall–Kier alpha value is -1.36. The van der Waals surface area contributed by atoms with Crippen molar-refractivity contribution < 1.29 is 91.9 Å².